The fourth-order valence-electron chi connectivity index (χ4n) is 1.41. The van der Waals surface area contributed by atoms with E-state index in [9.17, 15) is 18.0 Å². The maximum atomic E-state index is 12.0. The van der Waals surface area contributed by atoms with Gasteiger partial charge in [-0.05, 0) is 35.8 Å². The average molecular weight is 260 g/mol. The Bertz CT molecular complexity index is 464. The molecule has 1 aromatic carbocycles. The molecule has 1 N–H and O–H groups in total. The number of ether oxygens (including phenoxy) is 1. The van der Waals surface area contributed by atoms with Crippen LogP contribution < -0.4 is 4.74 Å². The highest BCUT2D eigenvalue weighted by molar-refractivity contribution is 5.85. The molecule has 6 heteroatoms. The Morgan fingerprint density at radius 2 is 2.11 bits per heavy atom. The van der Waals surface area contributed by atoms with Crippen LogP contribution in [0.5, 0.6) is 5.75 Å². The van der Waals surface area contributed by atoms with Crippen molar-refractivity contribution in [1.82, 2.24) is 0 Å². The molecule has 0 amide bonds. The molecule has 0 radical (unpaired) electrons. The van der Waals surface area contributed by atoms with Crippen LogP contribution in [0, 0.1) is 0 Å². The van der Waals surface area contributed by atoms with Gasteiger partial charge >= 0.3 is 12.3 Å². The fraction of sp³-hybridized carbons (Fsp3) is 0.250. The number of carboxylic acids is 1. The third kappa shape index (κ3) is 4.48. The largest absolute Gasteiger partial charge is 0.573 e. The van der Waals surface area contributed by atoms with Crippen molar-refractivity contribution < 1.29 is 27.8 Å². The lowest BCUT2D eigenvalue weighted by Crippen LogP contribution is -2.17. The summed E-state index contributed by atoms with van der Waals surface area (Å²) in [6.45, 7) is 1.75. The average Bonchev–Trinajstić information content (AvgIpc) is 2.24. The summed E-state index contributed by atoms with van der Waals surface area (Å²) < 4.78 is 39.8. The third-order valence-electron chi connectivity index (χ3n) is 2.13. The highest BCUT2D eigenvalue weighted by Crippen LogP contribution is 2.25. The first kappa shape index (κ1) is 14.1. The van der Waals surface area contributed by atoms with Crippen molar-refractivity contribution in [2.24, 2.45) is 0 Å². The van der Waals surface area contributed by atoms with Gasteiger partial charge in [0.15, 0.2) is 0 Å². The van der Waals surface area contributed by atoms with E-state index in [1.165, 1.54) is 18.2 Å². The van der Waals surface area contributed by atoms with Gasteiger partial charge in [-0.2, -0.15) is 0 Å². The molecule has 0 fully saturated rings. The van der Waals surface area contributed by atoms with E-state index in [0.29, 0.717) is 17.5 Å². The monoisotopic (exact) mass is 260 g/mol. The number of aliphatic carboxylic acids is 1. The molecule has 0 saturated heterocycles. The molecule has 0 heterocycles. The summed E-state index contributed by atoms with van der Waals surface area (Å²) in [6.07, 6.45) is -2.00. The predicted octanol–water partition coefficient (Wildman–Crippen LogP) is 3.25. The number of halogens is 3. The number of hydrogen-bond acceptors (Lipinski definition) is 2. The van der Waals surface area contributed by atoms with Crippen molar-refractivity contribution in [3.8, 4) is 5.75 Å². The minimum Gasteiger partial charge on any atom is -0.478 e. The van der Waals surface area contributed by atoms with Crippen molar-refractivity contribution in [1.29, 1.82) is 0 Å². The minimum absolute atomic E-state index is 0.313. The molecule has 3 nitrogen and oxygen atoms in total. The number of rotatable bonds is 4. The molecule has 0 bridgehead atoms. The van der Waals surface area contributed by atoms with E-state index in [1.807, 2.05) is 0 Å². The van der Waals surface area contributed by atoms with Crippen LogP contribution in [0.1, 0.15) is 18.1 Å². The smallest absolute Gasteiger partial charge is 0.478 e. The Hall–Kier alpha value is -1.98. The predicted molar refractivity (Wildman–Crippen MR) is 59.2 cm³/mol. The number of aryl methyl sites for hydroxylation is 1. The summed E-state index contributed by atoms with van der Waals surface area (Å²) in [5, 5.41) is 8.49. The standard InChI is InChI=1S/C12H11F3O3/c1-2-8-7-10(18-12(13,14)15)5-3-9(8)4-6-11(16)17/h3-7H,2H2,1H3,(H,16,17)/b6-4+. The summed E-state index contributed by atoms with van der Waals surface area (Å²) in [4.78, 5) is 10.4. The highest BCUT2D eigenvalue weighted by atomic mass is 19.4. The molecule has 0 unspecified atom stereocenters. The number of alkyl halides is 3. The molecule has 1 aromatic rings. The lowest BCUT2D eigenvalue weighted by atomic mass is 10.0. The molecule has 18 heavy (non-hydrogen) atoms. The molecular weight excluding hydrogens is 249 g/mol. The molecule has 0 aromatic heterocycles. The van der Waals surface area contributed by atoms with E-state index < -0.39 is 12.3 Å². The molecule has 0 atom stereocenters. The molecule has 0 spiro atoms. The van der Waals surface area contributed by atoms with E-state index in [-0.39, 0.29) is 5.75 Å². The zero-order valence-electron chi connectivity index (χ0n) is 9.49. The number of carboxylic acid groups (broad SMARTS) is 1. The van der Waals surface area contributed by atoms with Gasteiger partial charge in [0.05, 0.1) is 0 Å². The van der Waals surface area contributed by atoms with E-state index in [4.69, 9.17) is 5.11 Å². The fourth-order valence-corrected chi connectivity index (χ4v) is 1.41. The summed E-state index contributed by atoms with van der Waals surface area (Å²) in [6, 6.07) is 3.78. The number of benzene rings is 1. The second-order valence-electron chi connectivity index (χ2n) is 3.43. The van der Waals surface area contributed by atoms with E-state index in [1.54, 1.807) is 6.92 Å². The van der Waals surface area contributed by atoms with Gasteiger partial charge in [0.2, 0.25) is 0 Å². The van der Waals surface area contributed by atoms with Gasteiger partial charge in [0.1, 0.15) is 5.75 Å². The first-order chi connectivity index (χ1) is 8.31. The van der Waals surface area contributed by atoms with Crippen LogP contribution in [0.4, 0.5) is 13.2 Å². The Morgan fingerprint density at radius 3 is 2.61 bits per heavy atom. The van der Waals surface area contributed by atoms with Crippen LogP contribution in [-0.2, 0) is 11.2 Å². The van der Waals surface area contributed by atoms with Gasteiger partial charge in [-0.1, -0.05) is 13.0 Å². The Labute approximate surface area is 101 Å². The van der Waals surface area contributed by atoms with Crippen LogP contribution >= 0.6 is 0 Å². The SMILES string of the molecule is CCc1cc(OC(F)(F)F)ccc1/C=C/C(=O)O. The number of hydrogen-bond donors (Lipinski definition) is 1. The van der Waals surface area contributed by atoms with E-state index >= 15 is 0 Å². The first-order valence-electron chi connectivity index (χ1n) is 5.11. The van der Waals surface area contributed by atoms with Crippen LogP contribution in [0.15, 0.2) is 24.3 Å². The second kappa shape index (κ2) is 5.57. The maximum absolute atomic E-state index is 12.0. The number of carbonyl (C=O) groups is 1. The minimum atomic E-state index is -4.73. The molecule has 98 valence electrons. The topological polar surface area (TPSA) is 46.5 Å². The molecule has 1 rings (SSSR count). The van der Waals surface area contributed by atoms with E-state index in [2.05, 4.69) is 4.74 Å². The Morgan fingerprint density at radius 1 is 1.44 bits per heavy atom. The summed E-state index contributed by atoms with van der Waals surface area (Å²) >= 11 is 0. The highest BCUT2D eigenvalue weighted by Gasteiger charge is 2.31. The van der Waals surface area contributed by atoms with Gasteiger partial charge < -0.3 is 9.84 Å². The van der Waals surface area contributed by atoms with Gasteiger partial charge in [-0.15, -0.1) is 13.2 Å². The van der Waals surface area contributed by atoms with Crippen LogP contribution in [0.3, 0.4) is 0 Å². The summed E-state index contributed by atoms with van der Waals surface area (Å²) in [5.74, 6) is -1.43. The summed E-state index contributed by atoms with van der Waals surface area (Å²) in [7, 11) is 0. The molecule has 0 aliphatic heterocycles. The second-order valence-corrected chi connectivity index (χ2v) is 3.43. The van der Waals surface area contributed by atoms with Crippen LogP contribution in [0.2, 0.25) is 0 Å². The van der Waals surface area contributed by atoms with Crippen LogP contribution in [-0.4, -0.2) is 17.4 Å². The zero-order valence-corrected chi connectivity index (χ0v) is 9.49. The quantitative estimate of drug-likeness (QED) is 0.845. The lowest BCUT2D eigenvalue weighted by Gasteiger charge is -2.11. The Balaban J connectivity index is 3.00. The van der Waals surface area contributed by atoms with Gasteiger partial charge in [-0.3, -0.25) is 0 Å². The molecular formula is C12H11F3O3. The van der Waals surface area contributed by atoms with Crippen molar-refractivity contribution in [3.63, 3.8) is 0 Å². The summed E-state index contributed by atoms with van der Waals surface area (Å²) in [5.41, 5.74) is 1.13. The van der Waals surface area contributed by atoms with E-state index in [0.717, 1.165) is 12.1 Å². The van der Waals surface area contributed by atoms with Gasteiger partial charge in [0.25, 0.3) is 0 Å². The third-order valence-corrected chi connectivity index (χ3v) is 2.13. The molecule has 0 aliphatic carbocycles. The molecule has 0 saturated carbocycles. The van der Waals surface area contributed by atoms with Gasteiger partial charge in [-0.25, -0.2) is 4.79 Å². The molecule has 0 aliphatic rings. The lowest BCUT2D eigenvalue weighted by molar-refractivity contribution is -0.274. The van der Waals surface area contributed by atoms with Crippen molar-refractivity contribution in [3.05, 3.63) is 35.4 Å². The first-order valence-corrected chi connectivity index (χ1v) is 5.11. The van der Waals surface area contributed by atoms with Crippen molar-refractivity contribution in [2.75, 3.05) is 0 Å². The maximum Gasteiger partial charge on any atom is 0.573 e. The van der Waals surface area contributed by atoms with Crippen molar-refractivity contribution in [2.45, 2.75) is 19.7 Å². The van der Waals surface area contributed by atoms with Crippen molar-refractivity contribution >= 4 is 12.0 Å². The van der Waals surface area contributed by atoms with Crippen LogP contribution in [0.25, 0.3) is 6.08 Å². The Kier molecular flexibility index (Phi) is 4.36. The van der Waals surface area contributed by atoms with Gasteiger partial charge in [0, 0.05) is 6.08 Å². The zero-order chi connectivity index (χ0) is 13.8. The normalized spacial score (nSPS) is 11.8.